The lowest BCUT2D eigenvalue weighted by molar-refractivity contribution is 0.521. The van der Waals surface area contributed by atoms with E-state index in [2.05, 4.69) is 31.2 Å². The van der Waals surface area contributed by atoms with Crippen molar-refractivity contribution in [1.29, 1.82) is 0 Å². The highest BCUT2D eigenvalue weighted by molar-refractivity contribution is 9.10. The van der Waals surface area contributed by atoms with Gasteiger partial charge in [-0.05, 0) is 15.9 Å². The monoisotopic (exact) mass is 323 g/mol. The van der Waals surface area contributed by atoms with Crippen LogP contribution in [0.15, 0.2) is 10.8 Å². The van der Waals surface area contributed by atoms with Gasteiger partial charge in [0, 0.05) is 20.6 Å². The van der Waals surface area contributed by atoms with Gasteiger partial charge in [-0.25, -0.2) is 22.7 Å². The van der Waals surface area contributed by atoms with E-state index in [1.807, 2.05) is 0 Å². The van der Waals surface area contributed by atoms with Gasteiger partial charge in [0.15, 0.2) is 0 Å². The zero-order valence-corrected chi connectivity index (χ0v) is 11.9. The lowest BCUT2D eigenvalue weighted by Gasteiger charge is -2.12. The fourth-order valence-electron chi connectivity index (χ4n) is 0.988. The standard InChI is InChI=1S/C8H14BrN5O2S/c1-14(2)17(15,16)4-3-11-8-6(9)7(10)12-5-13-8/h5H,3-4H2,1-2H3,(H3,10,11,12,13). The molecule has 0 spiro atoms. The molecule has 3 N–H and O–H groups in total. The van der Waals surface area contributed by atoms with Gasteiger partial charge in [-0.2, -0.15) is 0 Å². The molecule has 17 heavy (non-hydrogen) atoms. The van der Waals surface area contributed by atoms with Crippen molar-refractivity contribution in [2.75, 3.05) is 37.4 Å². The average Bonchev–Trinajstić information content (AvgIpc) is 2.24. The number of rotatable bonds is 5. The molecule has 9 heteroatoms. The molecule has 0 bridgehead atoms. The van der Waals surface area contributed by atoms with E-state index >= 15 is 0 Å². The van der Waals surface area contributed by atoms with E-state index in [1.165, 1.54) is 24.7 Å². The first-order valence-electron chi connectivity index (χ1n) is 4.74. The van der Waals surface area contributed by atoms with Crippen LogP contribution in [0.4, 0.5) is 11.6 Å². The van der Waals surface area contributed by atoms with E-state index in [-0.39, 0.29) is 12.3 Å². The van der Waals surface area contributed by atoms with Crippen molar-refractivity contribution >= 4 is 37.6 Å². The van der Waals surface area contributed by atoms with Crippen molar-refractivity contribution in [2.45, 2.75) is 0 Å². The predicted molar refractivity (Wildman–Crippen MR) is 70.1 cm³/mol. The number of nitrogens with one attached hydrogen (secondary N) is 1. The Morgan fingerprint density at radius 3 is 2.71 bits per heavy atom. The third kappa shape index (κ3) is 3.79. The highest BCUT2D eigenvalue weighted by Gasteiger charge is 2.13. The number of sulfonamides is 1. The van der Waals surface area contributed by atoms with E-state index < -0.39 is 10.0 Å². The molecule has 0 unspecified atom stereocenters. The van der Waals surface area contributed by atoms with E-state index in [1.54, 1.807) is 0 Å². The predicted octanol–water partition coefficient (Wildman–Crippen LogP) is 0.125. The Morgan fingerprint density at radius 2 is 2.12 bits per heavy atom. The maximum absolute atomic E-state index is 11.5. The number of hydrogen-bond donors (Lipinski definition) is 2. The third-order valence-corrected chi connectivity index (χ3v) is 4.64. The number of nitrogen functional groups attached to an aromatic ring is 1. The molecular weight excluding hydrogens is 310 g/mol. The van der Waals surface area contributed by atoms with Crippen molar-refractivity contribution in [3.63, 3.8) is 0 Å². The van der Waals surface area contributed by atoms with Crippen LogP contribution in [0.1, 0.15) is 0 Å². The van der Waals surface area contributed by atoms with Gasteiger partial charge in [-0.3, -0.25) is 0 Å². The van der Waals surface area contributed by atoms with Crippen LogP contribution in [0.3, 0.4) is 0 Å². The van der Waals surface area contributed by atoms with Gasteiger partial charge < -0.3 is 11.1 Å². The molecule has 0 fully saturated rings. The molecule has 0 aliphatic carbocycles. The first-order valence-corrected chi connectivity index (χ1v) is 7.15. The zero-order valence-electron chi connectivity index (χ0n) is 9.51. The number of aromatic nitrogens is 2. The molecule has 0 saturated heterocycles. The van der Waals surface area contributed by atoms with Gasteiger partial charge in [0.2, 0.25) is 10.0 Å². The summed E-state index contributed by atoms with van der Waals surface area (Å²) in [5, 5.41) is 2.88. The Bertz CT molecular complexity index is 491. The summed E-state index contributed by atoms with van der Waals surface area (Å²) < 4.78 is 24.7. The lowest BCUT2D eigenvalue weighted by atomic mass is 10.5. The van der Waals surface area contributed by atoms with E-state index in [0.29, 0.717) is 16.1 Å². The second kappa shape index (κ2) is 5.61. The summed E-state index contributed by atoms with van der Waals surface area (Å²) in [5.74, 6) is 0.764. The summed E-state index contributed by atoms with van der Waals surface area (Å²) in [7, 11) is -0.222. The van der Waals surface area contributed by atoms with Crippen LogP contribution >= 0.6 is 15.9 Å². The fraction of sp³-hybridized carbons (Fsp3) is 0.500. The summed E-state index contributed by atoms with van der Waals surface area (Å²) in [4.78, 5) is 7.72. The number of nitrogens with two attached hydrogens (primary N) is 1. The average molecular weight is 324 g/mol. The Morgan fingerprint density at radius 1 is 1.47 bits per heavy atom. The van der Waals surface area contributed by atoms with Gasteiger partial charge in [-0.1, -0.05) is 0 Å². The molecule has 1 aromatic heterocycles. The molecule has 0 aliphatic rings. The molecule has 0 aromatic carbocycles. The summed E-state index contributed by atoms with van der Waals surface area (Å²) >= 11 is 3.22. The van der Waals surface area contributed by atoms with Crippen LogP contribution in [0.5, 0.6) is 0 Å². The van der Waals surface area contributed by atoms with Gasteiger partial charge in [0.25, 0.3) is 0 Å². The SMILES string of the molecule is CN(C)S(=O)(=O)CCNc1ncnc(N)c1Br. The van der Waals surface area contributed by atoms with Gasteiger partial charge in [0.1, 0.15) is 22.4 Å². The molecule has 1 rings (SSSR count). The molecular formula is C8H14BrN5O2S. The fourth-order valence-corrected chi connectivity index (χ4v) is 2.06. The number of anilines is 2. The molecule has 0 atom stereocenters. The zero-order chi connectivity index (χ0) is 13.1. The van der Waals surface area contributed by atoms with Crippen molar-refractivity contribution in [1.82, 2.24) is 14.3 Å². The van der Waals surface area contributed by atoms with Crippen molar-refractivity contribution < 1.29 is 8.42 Å². The molecule has 1 aromatic rings. The largest absolute Gasteiger partial charge is 0.383 e. The Balaban J connectivity index is 2.61. The number of hydrogen-bond acceptors (Lipinski definition) is 6. The summed E-state index contributed by atoms with van der Waals surface area (Å²) in [5.41, 5.74) is 5.56. The molecule has 0 aliphatic heterocycles. The molecule has 7 nitrogen and oxygen atoms in total. The molecule has 0 radical (unpaired) electrons. The Kier molecular flexibility index (Phi) is 4.66. The number of nitrogens with zero attached hydrogens (tertiary/aromatic N) is 3. The molecule has 0 saturated carbocycles. The summed E-state index contributed by atoms with van der Waals surface area (Å²) in [6, 6.07) is 0. The van der Waals surface area contributed by atoms with Gasteiger partial charge in [0.05, 0.1) is 5.75 Å². The van der Waals surface area contributed by atoms with E-state index in [9.17, 15) is 8.42 Å². The Hall–Kier alpha value is -0.930. The lowest BCUT2D eigenvalue weighted by Crippen LogP contribution is -2.28. The van der Waals surface area contributed by atoms with Crippen molar-refractivity contribution in [2.24, 2.45) is 0 Å². The molecule has 96 valence electrons. The highest BCUT2D eigenvalue weighted by atomic mass is 79.9. The minimum absolute atomic E-state index is 0.0175. The highest BCUT2D eigenvalue weighted by Crippen LogP contribution is 2.23. The van der Waals surface area contributed by atoms with Crippen LogP contribution in [-0.4, -0.2) is 49.1 Å². The van der Waals surface area contributed by atoms with Crippen molar-refractivity contribution in [3.05, 3.63) is 10.8 Å². The minimum atomic E-state index is -3.21. The van der Waals surface area contributed by atoms with Crippen LogP contribution in [0.2, 0.25) is 0 Å². The summed E-state index contributed by atoms with van der Waals surface area (Å²) in [6.07, 6.45) is 1.31. The van der Waals surface area contributed by atoms with Crippen LogP contribution in [-0.2, 0) is 10.0 Å². The van der Waals surface area contributed by atoms with Crippen LogP contribution in [0, 0.1) is 0 Å². The minimum Gasteiger partial charge on any atom is -0.383 e. The van der Waals surface area contributed by atoms with E-state index in [4.69, 9.17) is 5.73 Å². The third-order valence-electron chi connectivity index (χ3n) is 2.03. The van der Waals surface area contributed by atoms with Crippen LogP contribution < -0.4 is 11.1 Å². The maximum Gasteiger partial charge on any atom is 0.215 e. The summed E-state index contributed by atoms with van der Waals surface area (Å²) in [6.45, 7) is 0.246. The maximum atomic E-state index is 11.5. The number of halogens is 1. The Labute approximate surface area is 109 Å². The van der Waals surface area contributed by atoms with Crippen molar-refractivity contribution in [3.8, 4) is 0 Å². The first-order chi connectivity index (χ1) is 7.84. The normalized spacial score (nSPS) is 11.8. The van der Waals surface area contributed by atoms with Gasteiger partial charge >= 0.3 is 0 Å². The smallest absolute Gasteiger partial charge is 0.215 e. The molecule has 1 heterocycles. The topological polar surface area (TPSA) is 101 Å². The second-order valence-electron chi connectivity index (χ2n) is 3.45. The molecule has 0 amide bonds. The van der Waals surface area contributed by atoms with Crippen LogP contribution in [0.25, 0.3) is 0 Å². The van der Waals surface area contributed by atoms with E-state index in [0.717, 1.165) is 0 Å². The quantitative estimate of drug-likeness (QED) is 0.798. The van der Waals surface area contributed by atoms with Gasteiger partial charge in [-0.15, -0.1) is 0 Å². The first kappa shape index (κ1) is 14.1. The second-order valence-corrected chi connectivity index (χ2v) is 6.54.